The molecule has 2 N–H and O–H groups in total. The Morgan fingerprint density at radius 1 is 1.19 bits per heavy atom. The number of carboxylic acid groups (broad SMARTS) is 1. The molecule has 0 aliphatic rings. The molecule has 0 spiro atoms. The predicted molar refractivity (Wildman–Crippen MR) is 75.2 cm³/mol. The van der Waals surface area contributed by atoms with E-state index in [-0.39, 0.29) is 25.2 Å². The van der Waals surface area contributed by atoms with Crippen molar-refractivity contribution in [3.8, 4) is 0 Å². The number of aliphatic carboxylic acids is 1. The van der Waals surface area contributed by atoms with Gasteiger partial charge in [-0.05, 0) is 12.1 Å². The number of Topliss-reactive ketones (excluding diaryl/α,β-unsaturated/α-hetero) is 1. The maximum atomic E-state index is 11.9. The van der Waals surface area contributed by atoms with Crippen LogP contribution in [0.5, 0.6) is 0 Å². The molecular formula is C15H17NO5. The molecule has 6 heteroatoms. The summed E-state index contributed by atoms with van der Waals surface area (Å²) >= 11 is 0. The molecule has 0 fully saturated rings. The van der Waals surface area contributed by atoms with Crippen LogP contribution in [0.1, 0.15) is 40.5 Å². The van der Waals surface area contributed by atoms with E-state index in [0.717, 1.165) is 0 Å². The molecule has 0 saturated carbocycles. The SMILES string of the molecule is CC(CC=O)C(=O)c1ccc(C(=O)NCCC(=O)O)cc1. The molecule has 1 aromatic carbocycles. The summed E-state index contributed by atoms with van der Waals surface area (Å²) in [7, 11) is 0. The molecule has 0 heterocycles. The summed E-state index contributed by atoms with van der Waals surface area (Å²) < 4.78 is 0. The van der Waals surface area contributed by atoms with Gasteiger partial charge in [0.15, 0.2) is 5.78 Å². The lowest BCUT2D eigenvalue weighted by Crippen LogP contribution is -2.26. The van der Waals surface area contributed by atoms with E-state index in [1.54, 1.807) is 6.92 Å². The minimum atomic E-state index is -0.986. The van der Waals surface area contributed by atoms with Gasteiger partial charge in [-0.25, -0.2) is 0 Å². The van der Waals surface area contributed by atoms with Crippen LogP contribution in [-0.2, 0) is 9.59 Å². The Morgan fingerprint density at radius 3 is 2.29 bits per heavy atom. The quantitative estimate of drug-likeness (QED) is 0.555. The second kappa shape index (κ2) is 7.94. The number of carboxylic acids is 1. The van der Waals surface area contributed by atoms with Gasteiger partial charge < -0.3 is 15.2 Å². The molecule has 6 nitrogen and oxygen atoms in total. The number of aldehydes is 1. The van der Waals surface area contributed by atoms with Crippen molar-refractivity contribution in [1.82, 2.24) is 5.32 Å². The van der Waals surface area contributed by atoms with Crippen molar-refractivity contribution in [2.45, 2.75) is 19.8 Å². The summed E-state index contributed by atoms with van der Waals surface area (Å²) in [5.74, 6) is -1.92. The molecule has 1 atom stereocenters. The number of rotatable bonds is 8. The molecule has 0 aromatic heterocycles. The molecule has 1 unspecified atom stereocenters. The van der Waals surface area contributed by atoms with E-state index in [2.05, 4.69) is 5.32 Å². The first-order valence-corrected chi connectivity index (χ1v) is 6.53. The molecule has 1 aromatic rings. The van der Waals surface area contributed by atoms with E-state index in [9.17, 15) is 19.2 Å². The number of carbonyl (C=O) groups excluding carboxylic acids is 3. The topological polar surface area (TPSA) is 101 Å². The molecule has 112 valence electrons. The Bertz CT molecular complexity index is 535. The van der Waals surface area contributed by atoms with Crippen molar-refractivity contribution in [2.75, 3.05) is 6.54 Å². The smallest absolute Gasteiger partial charge is 0.305 e. The Balaban J connectivity index is 2.65. The van der Waals surface area contributed by atoms with E-state index in [4.69, 9.17) is 5.11 Å². The molecule has 0 bridgehead atoms. The molecule has 21 heavy (non-hydrogen) atoms. The zero-order chi connectivity index (χ0) is 15.8. The van der Waals surface area contributed by atoms with E-state index in [1.165, 1.54) is 24.3 Å². The number of amides is 1. The second-order valence-corrected chi connectivity index (χ2v) is 4.64. The summed E-state index contributed by atoms with van der Waals surface area (Å²) in [5, 5.41) is 10.9. The van der Waals surface area contributed by atoms with Gasteiger partial charge in [-0.3, -0.25) is 14.4 Å². The molecule has 1 rings (SSSR count). The molecule has 0 aliphatic heterocycles. The minimum Gasteiger partial charge on any atom is -0.481 e. The fourth-order valence-electron chi connectivity index (χ4n) is 1.71. The maximum absolute atomic E-state index is 11.9. The fraction of sp³-hybridized carbons (Fsp3) is 0.333. The fourth-order valence-corrected chi connectivity index (χ4v) is 1.71. The lowest BCUT2D eigenvalue weighted by Gasteiger charge is -2.08. The van der Waals surface area contributed by atoms with Crippen LogP contribution in [0.2, 0.25) is 0 Å². The van der Waals surface area contributed by atoms with Gasteiger partial charge in [0, 0.05) is 30.0 Å². The van der Waals surface area contributed by atoms with Gasteiger partial charge in [0.05, 0.1) is 6.42 Å². The zero-order valence-electron chi connectivity index (χ0n) is 11.7. The average molecular weight is 291 g/mol. The lowest BCUT2D eigenvalue weighted by atomic mass is 9.96. The summed E-state index contributed by atoms with van der Waals surface area (Å²) in [6.07, 6.45) is 0.717. The van der Waals surface area contributed by atoms with Gasteiger partial charge in [0.25, 0.3) is 5.91 Å². The zero-order valence-corrected chi connectivity index (χ0v) is 11.7. The van der Waals surface area contributed by atoms with Gasteiger partial charge >= 0.3 is 5.97 Å². The number of hydrogen-bond acceptors (Lipinski definition) is 4. The molecule has 0 radical (unpaired) electrons. The van der Waals surface area contributed by atoms with Crippen LogP contribution < -0.4 is 5.32 Å². The highest BCUT2D eigenvalue weighted by Crippen LogP contribution is 2.12. The summed E-state index contributed by atoms with van der Waals surface area (Å²) in [4.78, 5) is 44.4. The van der Waals surface area contributed by atoms with Crippen molar-refractivity contribution >= 4 is 23.9 Å². The van der Waals surface area contributed by atoms with Crippen LogP contribution in [0.25, 0.3) is 0 Å². The highest BCUT2D eigenvalue weighted by atomic mass is 16.4. The summed E-state index contributed by atoms with van der Waals surface area (Å²) in [6, 6.07) is 6.04. The van der Waals surface area contributed by atoms with Gasteiger partial charge in [-0.1, -0.05) is 19.1 Å². The third-order valence-electron chi connectivity index (χ3n) is 2.95. The van der Waals surface area contributed by atoms with Crippen LogP contribution in [-0.4, -0.2) is 35.6 Å². The van der Waals surface area contributed by atoms with Gasteiger partial charge in [-0.2, -0.15) is 0 Å². The number of benzene rings is 1. The van der Waals surface area contributed by atoms with Gasteiger partial charge in [0.1, 0.15) is 6.29 Å². The van der Waals surface area contributed by atoms with Crippen LogP contribution >= 0.6 is 0 Å². The Labute approximate surface area is 122 Å². The highest BCUT2D eigenvalue weighted by molar-refractivity contribution is 6.00. The lowest BCUT2D eigenvalue weighted by molar-refractivity contribution is -0.136. The maximum Gasteiger partial charge on any atom is 0.305 e. The van der Waals surface area contributed by atoms with Crippen molar-refractivity contribution in [3.05, 3.63) is 35.4 Å². The van der Waals surface area contributed by atoms with Crippen LogP contribution in [0.15, 0.2) is 24.3 Å². The second-order valence-electron chi connectivity index (χ2n) is 4.64. The van der Waals surface area contributed by atoms with Crippen molar-refractivity contribution < 1.29 is 24.3 Å². The van der Waals surface area contributed by atoms with E-state index in [1.807, 2.05) is 0 Å². The number of carbonyl (C=O) groups is 4. The first-order chi connectivity index (χ1) is 9.95. The van der Waals surface area contributed by atoms with Crippen molar-refractivity contribution in [1.29, 1.82) is 0 Å². The predicted octanol–water partition coefficient (Wildman–Crippen LogP) is 1.30. The van der Waals surface area contributed by atoms with Gasteiger partial charge in [-0.15, -0.1) is 0 Å². The van der Waals surface area contributed by atoms with Crippen molar-refractivity contribution in [3.63, 3.8) is 0 Å². The number of ketones is 1. The first-order valence-electron chi connectivity index (χ1n) is 6.53. The number of nitrogens with one attached hydrogen (secondary N) is 1. The first kappa shape index (κ1) is 16.6. The molecule has 0 aliphatic carbocycles. The average Bonchev–Trinajstić information content (AvgIpc) is 2.46. The van der Waals surface area contributed by atoms with E-state index >= 15 is 0 Å². The largest absolute Gasteiger partial charge is 0.481 e. The third-order valence-corrected chi connectivity index (χ3v) is 2.95. The Morgan fingerprint density at radius 2 is 1.76 bits per heavy atom. The molecule has 1 amide bonds. The van der Waals surface area contributed by atoms with Crippen LogP contribution in [0, 0.1) is 5.92 Å². The van der Waals surface area contributed by atoms with Crippen LogP contribution in [0.3, 0.4) is 0 Å². The molecular weight excluding hydrogens is 274 g/mol. The Hall–Kier alpha value is -2.50. The highest BCUT2D eigenvalue weighted by Gasteiger charge is 2.15. The summed E-state index contributed by atoms with van der Waals surface area (Å²) in [5.41, 5.74) is 0.784. The minimum absolute atomic E-state index is 0.0468. The normalized spacial score (nSPS) is 11.5. The van der Waals surface area contributed by atoms with Gasteiger partial charge in [0.2, 0.25) is 0 Å². The standard InChI is InChI=1S/C15H17NO5/c1-10(7-9-17)14(20)11-2-4-12(5-3-11)15(21)16-8-6-13(18)19/h2-5,9-10H,6-8H2,1H3,(H,16,21)(H,18,19). The monoisotopic (exact) mass is 291 g/mol. The number of hydrogen-bond donors (Lipinski definition) is 2. The Kier molecular flexibility index (Phi) is 6.26. The van der Waals surface area contributed by atoms with Crippen molar-refractivity contribution in [2.24, 2.45) is 5.92 Å². The molecule has 0 saturated heterocycles. The third kappa shape index (κ3) is 5.18. The van der Waals surface area contributed by atoms with E-state index in [0.29, 0.717) is 17.4 Å². The van der Waals surface area contributed by atoms with E-state index < -0.39 is 17.8 Å². The summed E-state index contributed by atoms with van der Waals surface area (Å²) in [6.45, 7) is 1.72. The van der Waals surface area contributed by atoms with Crippen LogP contribution in [0.4, 0.5) is 0 Å².